The summed E-state index contributed by atoms with van der Waals surface area (Å²) in [4.78, 5) is 11.1. The minimum atomic E-state index is -0.259. The average molecular weight is 126 g/mol. The van der Waals surface area contributed by atoms with E-state index < -0.39 is 0 Å². The van der Waals surface area contributed by atoms with Crippen molar-refractivity contribution in [2.24, 2.45) is 5.10 Å². The first-order chi connectivity index (χ1) is 4.13. The van der Waals surface area contributed by atoms with Crippen LogP contribution in [0.5, 0.6) is 0 Å². The van der Waals surface area contributed by atoms with Crippen molar-refractivity contribution in [1.82, 2.24) is 0 Å². The minimum Gasteiger partial charge on any atom is -0.594 e. The van der Waals surface area contributed by atoms with Crippen molar-refractivity contribution in [2.45, 2.75) is 13.8 Å². The third-order valence-electron chi connectivity index (χ3n) is 1.18. The molecule has 4 heteroatoms. The molecular formula is C5H6N2O2. The van der Waals surface area contributed by atoms with Crippen LogP contribution in [0.3, 0.4) is 0 Å². The summed E-state index contributed by atoms with van der Waals surface area (Å²) in [6.45, 7) is 2.97. The first kappa shape index (κ1) is 5.94. The maximum absolute atomic E-state index is 10.7. The van der Waals surface area contributed by atoms with Crippen LogP contribution in [0.2, 0.25) is 0 Å². The van der Waals surface area contributed by atoms with Crippen molar-refractivity contribution in [3.05, 3.63) is 5.21 Å². The lowest BCUT2D eigenvalue weighted by Gasteiger charge is -1.86. The molecule has 48 valence electrons. The van der Waals surface area contributed by atoms with Gasteiger partial charge in [0.05, 0.1) is 0 Å². The van der Waals surface area contributed by atoms with Crippen LogP contribution < -0.4 is 0 Å². The van der Waals surface area contributed by atoms with Gasteiger partial charge >= 0.3 is 0 Å². The van der Waals surface area contributed by atoms with Crippen LogP contribution in [0, 0.1) is 5.21 Å². The van der Waals surface area contributed by atoms with E-state index in [1.807, 2.05) is 0 Å². The number of Topliss-reactive ketones (excluding diaryl/α,β-unsaturated/α-hetero) is 1. The van der Waals surface area contributed by atoms with Gasteiger partial charge in [-0.25, -0.2) is 0 Å². The van der Waals surface area contributed by atoms with Crippen molar-refractivity contribution in [3.8, 4) is 0 Å². The number of rotatable bonds is 0. The number of hydrazone groups is 1. The Balaban J connectivity index is 3.06. The average Bonchev–Trinajstić information content (AvgIpc) is 1.98. The molecule has 9 heavy (non-hydrogen) atoms. The Kier molecular flexibility index (Phi) is 1.09. The van der Waals surface area contributed by atoms with E-state index in [0.29, 0.717) is 4.85 Å². The molecule has 0 bridgehead atoms. The molecule has 1 aliphatic rings. The Morgan fingerprint density at radius 1 is 1.56 bits per heavy atom. The van der Waals surface area contributed by atoms with Gasteiger partial charge in [-0.1, -0.05) is 4.85 Å². The molecule has 0 unspecified atom stereocenters. The Labute approximate surface area is 52.1 Å². The lowest BCUT2D eigenvalue weighted by atomic mass is 10.2. The van der Waals surface area contributed by atoms with Crippen LogP contribution in [-0.2, 0) is 4.79 Å². The Hall–Kier alpha value is -1.19. The number of hydrogen-bond acceptors (Lipinski definition) is 3. The van der Waals surface area contributed by atoms with Crippen molar-refractivity contribution in [3.63, 3.8) is 0 Å². The first-order valence-corrected chi connectivity index (χ1v) is 2.53. The molecule has 0 saturated heterocycles. The van der Waals surface area contributed by atoms with Gasteiger partial charge in [0.1, 0.15) is 0 Å². The smallest absolute Gasteiger partial charge is 0.275 e. The zero-order valence-corrected chi connectivity index (χ0v) is 5.21. The molecule has 1 rings (SSSR count). The van der Waals surface area contributed by atoms with Gasteiger partial charge in [-0.05, 0) is 6.92 Å². The summed E-state index contributed by atoms with van der Waals surface area (Å²) in [5.74, 6) is -0.259. The second-order valence-corrected chi connectivity index (χ2v) is 1.87. The van der Waals surface area contributed by atoms with Gasteiger partial charge < -0.3 is 5.21 Å². The Morgan fingerprint density at radius 3 is 2.22 bits per heavy atom. The number of ketones is 1. The maximum atomic E-state index is 10.7. The molecule has 0 saturated carbocycles. The van der Waals surface area contributed by atoms with Gasteiger partial charge in [0.2, 0.25) is 0 Å². The van der Waals surface area contributed by atoms with Crippen LogP contribution in [0.25, 0.3) is 0 Å². The summed E-state index contributed by atoms with van der Waals surface area (Å²) in [5.41, 5.74) is 0.412. The molecule has 0 fully saturated rings. The summed E-state index contributed by atoms with van der Waals surface area (Å²) >= 11 is 0. The fraction of sp³-hybridized carbons (Fsp3) is 0.400. The predicted molar refractivity (Wildman–Crippen MR) is 32.4 cm³/mol. The van der Waals surface area contributed by atoms with E-state index in [4.69, 9.17) is 0 Å². The number of carbonyl (C=O) groups is 1. The molecule has 0 atom stereocenters. The van der Waals surface area contributed by atoms with E-state index in [-0.39, 0.29) is 17.2 Å². The molecule has 0 radical (unpaired) electrons. The van der Waals surface area contributed by atoms with Crippen molar-refractivity contribution in [2.75, 3.05) is 0 Å². The number of carbonyl (C=O) groups excluding carboxylic acids is 1. The molecule has 1 heterocycles. The van der Waals surface area contributed by atoms with Crippen molar-refractivity contribution >= 4 is 17.2 Å². The molecule has 0 spiro atoms. The van der Waals surface area contributed by atoms with Gasteiger partial charge in [-0.2, -0.15) is 0 Å². The first-order valence-electron chi connectivity index (χ1n) is 2.53. The highest BCUT2D eigenvalue weighted by molar-refractivity contribution is 6.65. The molecule has 0 amide bonds. The van der Waals surface area contributed by atoms with Gasteiger partial charge in [-0.15, -0.1) is 0 Å². The van der Waals surface area contributed by atoms with Crippen LogP contribution in [0.15, 0.2) is 5.10 Å². The molecule has 4 nitrogen and oxygen atoms in total. The third kappa shape index (κ3) is 0.718. The fourth-order valence-electron chi connectivity index (χ4n) is 0.605. The second-order valence-electron chi connectivity index (χ2n) is 1.87. The Bertz CT molecular complexity index is 227. The molecule has 0 N–H and O–H groups in total. The van der Waals surface area contributed by atoms with Crippen LogP contribution in [0.1, 0.15) is 13.8 Å². The van der Waals surface area contributed by atoms with Gasteiger partial charge in [0.15, 0.2) is 5.71 Å². The summed E-state index contributed by atoms with van der Waals surface area (Å²) in [6.07, 6.45) is 0. The monoisotopic (exact) mass is 126 g/mol. The van der Waals surface area contributed by atoms with Crippen molar-refractivity contribution < 1.29 is 9.64 Å². The Morgan fingerprint density at radius 2 is 2.11 bits per heavy atom. The largest absolute Gasteiger partial charge is 0.594 e. The van der Waals surface area contributed by atoms with Crippen LogP contribution in [0.4, 0.5) is 0 Å². The summed E-state index contributed by atoms with van der Waals surface area (Å²) in [5, 5.41) is 13.8. The van der Waals surface area contributed by atoms with E-state index in [1.165, 1.54) is 13.8 Å². The lowest BCUT2D eigenvalue weighted by Crippen LogP contribution is -2.15. The van der Waals surface area contributed by atoms with Gasteiger partial charge in [-0.3, -0.25) is 4.79 Å². The number of hydrogen-bond donors (Lipinski definition) is 0. The van der Waals surface area contributed by atoms with E-state index >= 15 is 0 Å². The van der Waals surface area contributed by atoms with E-state index in [9.17, 15) is 10.0 Å². The van der Waals surface area contributed by atoms with E-state index in [1.54, 1.807) is 0 Å². The molecular weight excluding hydrogens is 120 g/mol. The zero-order chi connectivity index (χ0) is 7.02. The SMILES string of the molecule is CC1=N[N+]([O-])=C(C)C1=O. The molecule has 0 aromatic rings. The third-order valence-corrected chi connectivity index (χ3v) is 1.18. The zero-order valence-electron chi connectivity index (χ0n) is 5.21. The fourth-order valence-corrected chi connectivity index (χ4v) is 0.605. The highest BCUT2D eigenvalue weighted by Crippen LogP contribution is 1.95. The predicted octanol–water partition coefficient (Wildman–Crippen LogP) is -0.0838. The standard InChI is InChI=1S/C5H6N2O2/c1-3-5(8)4(2)7(9)6-3/h1-2H3. The molecule has 1 aliphatic heterocycles. The summed E-state index contributed by atoms with van der Waals surface area (Å²) in [6, 6.07) is 0. The minimum absolute atomic E-state index is 0.146. The quantitative estimate of drug-likeness (QED) is 0.336. The van der Waals surface area contributed by atoms with Gasteiger partial charge in [0.25, 0.3) is 11.5 Å². The van der Waals surface area contributed by atoms with Crippen LogP contribution in [-0.4, -0.2) is 22.1 Å². The highest BCUT2D eigenvalue weighted by Gasteiger charge is 2.25. The molecule has 0 aromatic carbocycles. The van der Waals surface area contributed by atoms with Gasteiger partial charge in [0, 0.05) is 12.0 Å². The molecule has 0 aliphatic carbocycles. The normalized spacial score (nSPS) is 18.9. The van der Waals surface area contributed by atoms with E-state index in [0.717, 1.165) is 0 Å². The topological polar surface area (TPSA) is 55.5 Å². The maximum Gasteiger partial charge on any atom is 0.275 e. The lowest BCUT2D eigenvalue weighted by molar-refractivity contribution is -0.459. The van der Waals surface area contributed by atoms with Crippen molar-refractivity contribution in [1.29, 1.82) is 0 Å². The molecule has 0 aromatic heterocycles. The highest BCUT2D eigenvalue weighted by atomic mass is 16.5. The van der Waals surface area contributed by atoms with E-state index in [2.05, 4.69) is 5.10 Å². The number of nitrogens with zero attached hydrogens (tertiary/aromatic N) is 2. The summed E-state index contributed by atoms with van der Waals surface area (Å²) in [7, 11) is 0. The second kappa shape index (κ2) is 1.65. The van der Waals surface area contributed by atoms with Crippen LogP contribution >= 0.6 is 0 Å². The summed E-state index contributed by atoms with van der Waals surface area (Å²) < 4.78 is 0.